The molecule has 8 atom stereocenters. The minimum absolute atomic E-state index is 0.0280. The van der Waals surface area contributed by atoms with Crippen LogP contribution < -0.4 is 5.32 Å². The third-order valence-corrected chi connectivity index (χ3v) is 10.3. The SMILES string of the molecule is CN1C(=O)[C@H](F)C[C@]2(C)C3CC[C@]4(C)[C@@H](C(=O)Nc5ccccc5Cl)CC[C@H]4C3CC[C@@H]12. The van der Waals surface area contributed by atoms with Crippen molar-refractivity contribution in [1.82, 2.24) is 4.90 Å². The van der Waals surface area contributed by atoms with E-state index >= 15 is 0 Å². The van der Waals surface area contributed by atoms with Crippen LogP contribution in [0, 0.1) is 34.5 Å². The highest BCUT2D eigenvalue weighted by Gasteiger charge is 2.63. The Morgan fingerprint density at radius 2 is 1.81 bits per heavy atom. The molecule has 0 spiro atoms. The van der Waals surface area contributed by atoms with E-state index in [-0.39, 0.29) is 34.6 Å². The van der Waals surface area contributed by atoms with Gasteiger partial charge in [-0.2, -0.15) is 0 Å². The van der Waals surface area contributed by atoms with Crippen LogP contribution in [-0.2, 0) is 9.59 Å². The molecule has 3 aliphatic carbocycles. The second-order valence-corrected chi connectivity index (χ2v) is 11.6. The van der Waals surface area contributed by atoms with Crippen LogP contribution in [0.5, 0.6) is 0 Å². The first-order valence-corrected chi connectivity index (χ1v) is 12.5. The van der Waals surface area contributed by atoms with E-state index < -0.39 is 6.17 Å². The Hall–Kier alpha value is -1.62. The lowest BCUT2D eigenvalue weighted by molar-refractivity contribution is -0.169. The molecule has 1 N–H and O–H groups in total. The molecule has 174 valence electrons. The lowest BCUT2D eigenvalue weighted by atomic mass is 9.46. The minimum atomic E-state index is -1.38. The molecule has 4 nitrogen and oxygen atoms in total. The van der Waals surface area contributed by atoms with Gasteiger partial charge in [-0.1, -0.05) is 37.6 Å². The van der Waals surface area contributed by atoms with Gasteiger partial charge < -0.3 is 10.2 Å². The number of hydrogen-bond donors (Lipinski definition) is 1. The van der Waals surface area contributed by atoms with Crippen molar-refractivity contribution in [2.24, 2.45) is 34.5 Å². The standard InChI is InChI=1S/C26H34ClFN2O2/c1-25-13-12-17-15(8-11-22-26(17,2)14-20(28)24(32)30(22)3)16(25)9-10-18(25)23(31)29-21-7-5-4-6-19(21)27/h4-7,15-18,20,22H,8-14H2,1-3H3,(H,29,31)/t15?,16-,17?,18+,20+,22+,25-,26+/m0/s1. The van der Waals surface area contributed by atoms with Crippen molar-refractivity contribution in [3.63, 3.8) is 0 Å². The molecule has 2 amide bonds. The number of alkyl halides is 1. The number of carbonyl (C=O) groups is 2. The third kappa shape index (κ3) is 3.13. The van der Waals surface area contributed by atoms with E-state index in [0.717, 1.165) is 38.5 Å². The largest absolute Gasteiger partial charge is 0.340 e. The second kappa shape index (κ2) is 7.72. The molecular weight excluding hydrogens is 427 g/mol. The van der Waals surface area contributed by atoms with Crippen LogP contribution in [0.2, 0.25) is 5.02 Å². The maximum Gasteiger partial charge on any atom is 0.257 e. The van der Waals surface area contributed by atoms with Crippen LogP contribution in [0.25, 0.3) is 0 Å². The number of para-hydroxylation sites is 1. The van der Waals surface area contributed by atoms with Crippen LogP contribution in [0.3, 0.4) is 0 Å². The topological polar surface area (TPSA) is 49.4 Å². The van der Waals surface area contributed by atoms with E-state index in [2.05, 4.69) is 19.2 Å². The normalized spacial score (nSPS) is 43.3. The smallest absolute Gasteiger partial charge is 0.257 e. The molecular formula is C26H34ClFN2O2. The minimum Gasteiger partial charge on any atom is -0.340 e. The molecule has 1 saturated heterocycles. The summed E-state index contributed by atoms with van der Waals surface area (Å²) in [5.74, 6) is 1.10. The fourth-order valence-corrected chi connectivity index (χ4v) is 8.60. The average Bonchev–Trinajstić information content (AvgIpc) is 3.11. The van der Waals surface area contributed by atoms with Gasteiger partial charge in [-0.15, -0.1) is 0 Å². The van der Waals surface area contributed by atoms with Crippen LogP contribution in [-0.4, -0.2) is 36.0 Å². The Morgan fingerprint density at radius 3 is 2.56 bits per heavy atom. The van der Waals surface area contributed by atoms with Gasteiger partial charge in [-0.25, -0.2) is 4.39 Å². The summed E-state index contributed by atoms with van der Waals surface area (Å²) in [5.41, 5.74) is 0.461. The molecule has 5 rings (SSSR count). The van der Waals surface area contributed by atoms with Gasteiger partial charge in [0.05, 0.1) is 10.7 Å². The summed E-state index contributed by atoms with van der Waals surface area (Å²) >= 11 is 6.28. The molecule has 2 unspecified atom stereocenters. The Kier molecular flexibility index (Phi) is 5.35. The van der Waals surface area contributed by atoms with Crippen LogP contribution in [0.1, 0.15) is 58.8 Å². The van der Waals surface area contributed by atoms with Gasteiger partial charge in [-0.3, -0.25) is 9.59 Å². The summed E-state index contributed by atoms with van der Waals surface area (Å²) in [5, 5.41) is 3.65. The number of piperidine rings is 1. The molecule has 1 aliphatic heterocycles. The lowest BCUT2D eigenvalue weighted by Gasteiger charge is -2.62. The van der Waals surface area contributed by atoms with Gasteiger partial charge in [0.25, 0.3) is 5.91 Å². The lowest BCUT2D eigenvalue weighted by Crippen LogP contribution is -2.64. The predicted octanol–water partition coefficient (Wildman–Crippen LogP) is 5.71. The van der Waals surface area contributed by atoms with Crippen LogP contribution in [0.4, 0.5) is 10.1 Å². The van der Waals surface area contributed by atoms with Gasteiger partial charge in [-0.05, 0) is 85.7 Å². The molecule has 32 heavy (non-hydrogen) atoms. The Bertz CT molecular complexity index is 940. The molecule has 1 aromatic rings. The van der Waals surface area contributed by atoms with Crippen molar-refractivity contribution >= 4 is 29.1 Å². The third-order valence-electron chi connectivity index (χ3n) is 9.97. The number of hydrogen-bond acceptors (Lipinski definition) is 2. The molecule has 0 bridgehead atoms. The van der Waals surface area contributed by atoms with E-state index in [1.54, 1.807) is 18.0 Å². The van der Waals surface area contributed by atoms with Crippen molar-refractivity contribution in [2.45, 2.75) is 71.0 Å². The zero-order valence-electron chi connectivity index (χ0n) is 19.2. The van der Waals surface area contributed by atoms with Crippen LogP contribution >= 0.6 is 11.6 Å². The number of halogens is 2. The van der Waals surface area contributed by atoms with Gasteiger partial charge in [0.1, 0.15) is 0 Å². The number of likely N-dealkylation sites (tertiary alicyclic amines) is 1. The average molecular weight is 461 g/mol. The number of nitrogens with one attached hydrogen (secondary N) is 1. The highest BCUT2D eigenvalue weighted by atomic mass is 35.5. The summed E-state index contributed by atoms with van der Waals surface area (Å²) < 4.78 is 14.7. The predicted molar refractivity (Wildman–Crippen MR) is 124 cm³/mol. The zero-order chi connectivity index (χ0) is 22.8. The number of carbonyl (C=O) groups excluding carboxylic acids is 2. The number of amides is 2. The molecule has 0 aromatic heterocycles. The number of rotatable bonds is 2. The van der Waals surface area contributed by atoms with Crippen LogP contribution in [0.15, 0.2) is 24.3 Å². The molecule has 6 heteroatoms. The van der Waals surface area contributed by atoms with Crippen molar-refractivity contribution in [1.29, 1.82) is 0 Å². The molecule has 3 saturated carbocycles. The van der Waals surface area contributed by atoms with E-state index in [1.165, 1.54) is 0 Å². The summed E-state index contributed by atoms with van der Waals surface area (Å²) in [7, 11) is 1.79. The van der Waals surface area contributed by atoms with Gasteiger partial charge in [0.15, 0.2) is 6.17 Å². The highest BCUT2D eigenvalue weighted by Crippen LogP contribution is 2.66. The van der Waals surface area contributed by atoms with E-state index in [4.69, 9.17) is 11.6 Å². The molecule has 4 aliphatic rings. The quantitative estimate of drug-likeness (QED) is 0.614. The van der Waals surface area contributed by atoms with Crippen molar-refractivity contribution in [3.05, 3.63) is 29.3 Å². The van der Waals surface area contributed by atoms with Crippen molar-refractivity contribution < 1.29 is 14.0 Å². The van der Waals surface area contributed by atoms with Gasteiger partial charge in [0.2, 0.25) is 5.91 Å². The Labute approximate surface area is 195 Å². The monoisotopic (exact) mass is 460 g/mol. The molecule has 1 heterocycles. The highest BCUT2D eigenvalue weighted by molar-refractivity contribution is 6.33. The number of fused-ring (bicyclic) bond motifs is 5. The van der Waals surface area contributed by atoms with E-state index in [0.29, 0.717) is 34.9 Å². The maximum atomic E-state index is 14.7. The summed E-state index contributed by atoms with van der Waals surface area (Å²) in [6, 6.07) is 7.52. The van der Waals surface area contributed by atoms with E-state index in [9.17, 15) is 14.0 Å². The first-order chi connectivity index (χ1) is 15.2. The first-order valence-electron chi connectivity index (χ1n) is 12.1. The van der Waals surface area contributed by atoms with Gasteiger partial charge >= 0.3 is 0 Å². The van der Waals surface area contributed by atoms with Gasteiger partial charge in [0, 0.05) is 19.0 Å². The number of anilines is 1. The number of benzene rings is 1. The second-order valence-electron chi connectivity index (χ2n) is 11.2. The van der Waals surface area contributed by atoms with Crippen molar-refractivity contribution in [2.75, 3.05) is 12.4 Å². The Morgan fingerprint density at radius 1 is 1.09 bits per heavy atom. The van der Waals surface area contributed by atoms with Crippen molar-refractivity contribution in [3.8, 4) is 0 Å². The summed E-state index contributed by atoms with van der Waals surface area (Å²) in [6.07, 6.45) is 4.91. The Balaban J connectivity index is 1.38. The maximum absolute atomic E-state index is 14.7. The molecule has 0 radical (unpaired) electrons. The van der Waals surface area contributed by atoms with E-state index in [1.807, 2.05) is 18.2 Å². The fourth-order valence-electron chi connectivity index (χ4n) is 8.42. The zero-order valence-corrected chi connectivity index (χ0v) is 20.0. The number of nitrogens with zero attached hydrogens (tertiary/aromatic N) is 1. The molecule has 1 aromatic carbocycles. The summed E-state index contributed by atoms with van der Waals surface area (Å²) in [6.45, 7) is 4.53. The first kappa shape index (κ1) is 22.2. The summed E-state index contributed by atoms with van der Waals surface area (Å²) in [4.78, 5) is 27.3. The fraction of sp³-hybridized carbons (Fsp3) is 0.692. The molecule has 4 fully saturated rings.